The van der Waals surface area contributed by atoms with Gasteiger partial charge in [0.1, 0.15) is 0 Å². The summed E-state index contributed by atoms with van der Waals surface area (Å²) in [5.41, 5.74) is 0.869. The van der Waals surface area contributed by atoms with Crippen molar-refractivity contribution < 1.29 is 23.0 Å². The monoisotopic (exact) mass is 436 g/mol. The third kappa shape index (κ3) is 5.54. The first-order valence-electron chi connectivity index (χ1n) is 10.5. The molecular formula is C22H27F3N4O2. The number of pyridine rings is 1. The molecule has 31 heavy (non-hydrogen) atoms. The van der Waals surface area contributed by atoms with Gasteiger partial charge in [0, 0.05) is 51.2 Å². The summed E-state index contributed by atoms with van der Waals surface area (Å²) in [6.45, 7) is 4.26. The van der Waals surface area contributed by atoms with Gasteiger partial charge in [-0.1, -0.05) is 12.1 Å². The van der Waals surface area contributed by atoms with Gasteiger partial charge in [0.15, 0.2) is 0 Å². The summed E-state index contributed by atoms with van der Waals surface area (Å²) in [4.78, 5) is 8.43. The minimum atomic E-state index is -4.34. The minimum absolute atomic E-state index is 0.154. The van der Waals surface area contributed by atoms with Crippen LogP contribution in [0.15, 0.2) is 48.7 Å². The number of aliphatic hydroxyl groups excluding tert-OH is 1. The number of aliphatic hydroxyl groups is 1. The van der Waals surface area contributed by atoms with E-state index in [0.717, 1.165) is 11.8 Å². The molecule has 0 spiro atoms. The molecule has 0 bridgehead atoms. The number of alkyl halides is 3. The number of benzene rings is 1. The summed E-state index contributed by atoms with van der Waals surface area (Å²) in [6, 6.07) is 11.0. The highest BCUT2D eigenvalue weighted by atomic mass is 19.4. The maximum atomic E-state index is 13.0. The van der Waals surface area contributed by atoms with E-state index < -0.39 is 17.8 Å². The van der Waals surface area contributed by atoms with Crippen LogP contribution in [0.4, 0.5) is 18.9 Å². The fourth-order valence-electron chi connectivity index (χ4n) is 4.08. The topological polar surface area (TPSA) is 60.9 Å². The fourth-order valence-corrected chi connectivity index (χ4v) is 4.08. The van der Waals surface area contributed by atoms with Crippen LogP contribution < -0.4 is 10.2 Å². The van der Waals surface area contributed by atoms with Crippen LogP contribution in [-0.4, -0.2) is 72.6 Å². The molecule has 168 valence electrons. The quantitative estimate of drug-likeness (QED) is 0.724. The predicted molar refractivity (Wildman–Crippen MR) is 111 cm³/mol. The van der Waals surface area contributed by atoms with Gasteiger partial charge in [-0.15, -0.1) is 0 Å². The molecule has 0 radical (unpaired) electrons. The van der Waals surface area contributed by atoms with E-state index in [1.165, 1.54) is 12.1 Å². The molecule has 0 unspecified atom stereocenters. The molecular weight excluding hydrogens is 409 g/mol. The number of anilines is 1. The van der Waals surface area contributed by atoms with Crippen LogP contribution >= 0.6 is 0 Å². The number of hydrogen-bond donors (Lipinski definition) is 2. The van der Waals surface area contributed by atoms with Crippen LogP contribution in [0.2, 0.25) is 0 Å². The Balaban J connectivity index is 1.25. The number of piperazine rings is 1. The van der Waals surface area contributed by atoms with E-state index in [-0.39, 0.29) is 12.1 Å². The van der Waals surface area contributed by atoms with E-state index in [0.29, 0.717) is 51.6 Å². The van der Waals surface area contributed by atoms with Gasteiger partial charge in [0.05, 0.1) is 36.1 Å². The van der Waals surface area contributed by atoms with E-state index in [1.807, 2.05) is 23.1 Å². The first-order valence-corrected chi connectivity index (χ1v) is 10.5. The molecule has 2 N–H and O–H groups in total. The molecule has 0 amide bonds. The first kappa shape index (κ1) is 22.0. The Morgan fingerprint density at radius 3 is 2.61 bits per heavy atom. The summed E-state index contributed by atoms with van der Waals surface area (Å²) in [5.74, 6) is 0. The average molecular weight is 436 g/mol. The van der Waals surface area contributed by atoms with Crippen LogP contribution in [0.5, 0.6) is 0 Å². The maximum absolute atomic E-state index is 13.0. The SMILES string of the molecule is O[C@@H]1[C@@H](NCc2ccccn2)CO[C@H]1CN1CCN(c2cccc(C(F)(F)F)c2)CC1. The van der Waals surface area contributed by atoms with E-state index >= 15 is 0 Å². The van der Waals surface area contributed by atoms with E-state index in [1.54, 1.807) is 12.3 Å². The molecule has 3 heterocycles. The number of nitrogens with zero attached hydrogens (tertiary/aromatic N) is 3. The van der Waals surface area contributed by atoms with Gasteiger partial charge in [-0.2, -0.15) is 13.2 Å². The average Bonchev–Trinajstić information content (AvgIpc) is 3.12. The number of aromatic nitrogens is 1. The third-order valence-electron chi connectivity index (χ3n) is 5.90. The number of rotatable bonds is 6. The Bertz CT molecular complexity index is 844. The summed E-state index contributed by atoms with van der Waals surface area (Å²) in [5, 5.41) is 13.9. The standard InChI is InChI=1S/C22H27F3N4O2/c23-22(24,25)16-4-3-6-18(12-16)29-10-8-28(9-11-29)14-20-21(30)19(15-31-20)27-13-17-5-1-2-7-26-17/h1-7,12,19-21,27,30H,8-11,13-15H2/t19-,20-,21+/m0/s1. The molecule has 3 atom stereocenters. The van der Waals surface area contributed by atoms with Crippen molar-refractivity contribution in [2.24, 2.45) is 0 Å². The predicted octanol–water partition coefficient (Wildman–Crippen LogP) is 2.14. The molecule has 0 aliphatic carbocycles. The van der Waals surface area contributed by atoms with Crippen molar-refractivity contribution in [3.8, 4) is 0 Å². The van der Waals surface area contributed by atoms with Gasteiger partial charge < -0.3 is 20.1 Å². The fraction of sp³-hybridized carbons (Fsp3) is 0.500. The molecule has 2 fully saturated rings. The highest BCUT2D eigenvalue weighted by Crippen LogP contribution is 2.32. The lowest BCUT2D eigenvalue weighted by atomic mass is 10.1. The van der Waals surface area contributed by atoms with Gasteiger partial charge >= 0.3 is 6.18 Å². The number of hydrogen-bond acceptors (Lipinski definition) is 6. The Morgan fingerprint density at radius 2 is 1.90 bits per heavy atom. The zero-order valence-corrected chi connectivity index (χ0v) is 17.1. The molecule has 1 aromatic heterocycles. The molecule has 2 aliphatic rings. The second-order valence-corrected chi connectivity index (χ2v) is 8.01. The molecule has 6 nitrogen and oxygen atoms in total. The lowest BCUT2D eigenvalue weighted by Gasteiger charge is -2.37. The van der Waals surface area contributed by atoms with Crippen LogP contribution in [-0.2, 0) is 17.5 Å². The van der Waals surface area contributed by atoms with Gasteiger partial charge in [-0.05, 0) is 30.3 Å². The minimum Gasteiger partial charge on any atom is -0.389 e. The van der Waals surface area contributed by atoms with Crippen LogP contribution in [0.3, 0.4) is 0 Å². The molecule has 2 aliphatic heterocycles. The van der Waals surface area contributed by atoms with Crippen LogP contribution in [0, 0.1) is 0 Å². The third-order valence-corrected chi connectivity index (χ3v) is 5.90. The second kappa shape index (κ2) is 9.52. The van der Waals surface area contributed by atoms with Crippen molar-refractivity contribution in [2.45, 2.75) is 31.0 Å². The van der Waals surface area contributed by atoms with Crippen molar-refractivity contribution in [2.75, 3.05) is 44.2 Å². The smallest absolute Gasteiger partial charge is 0.389 e. The van der Waals surface area contributed by atoms with Gasteiger partial charge in [-0.25, -0.2) is 0 Å². The molecule has 2 aromatic rings. The normalized spacial score (nSPS) is 25.2. The Labute approximate surface area is 179 Å². The van der Waals surface area contributed by atoms with Crippen LogP contribution in [0.1, 0.15) is 11.3 Å². The summed E-state index contributed by atoms with van der Waals surface area (Å²) >= 11 is 0. The van der Waals surface area contributed by atoms with Gasteiger partial charge in [0.2, 0.25) is 0 Å². The molecule has 2 saturated heterocycles. The van der Waals surface area contributed by atoms with Crippen LogP contribution in [0.25, 0.3) is 0 Å². The molecule has 1 aromatic carbocycles. The Morgan fingerprint density at radius 1 is 1.10 bits per heavy atom. The van der Waals surface area contributed by atoms with E-state index in [4.69, 9.17) is 4.74 Å². The summed E-state index contributed by atoms with van der Waals surface area (Å²) < 4.78 is 44.7. The zero-order valence-electron chi connectivity index (χ0n) is 17.1. The highest BCUT2D eigenvalue weighted by Gasteiger charge is 2.37. The highest BCUT2D eigenvalue weighted by molar-refractivity contribution is 5.49. The van der Waals surface area contributed by atoms with Crippen molar-refractivity contribution in [1.29, 1.82) is 0 Å². The van der Waals surface area contributed by atoms with Crippen molar-refractivity contribution in [3.63, 3.8) is 0 Å². The van der Waals surface area contributed by atoms with E-state index in [2.05, 4.69) is 15.2 Å². The first-order chi connectivity index (χ1) is 14.9. The number of ether oxygens (including phenoxy) is 1. The van der Waals surface area contributed by atoms with Crippen molar-refractivity contribution in [1.82, 2.24) is 15.2 Å². The van der Waals surface area contributed by atoms with E-state index in [9.17, 15) is 18.3 Å². The van der Waals surface area contributed by atoms with Gasteiger partial charge in [-0.3, -0.25) is 9.88 Å². The molecule has 9 heteroatoms. The maximum Gasteiger partial charge on any atom is 0.416 e. The lowest BCUT2D eigenvalue weighted by molar-refractivity contribution is -0.137. The largest absolute Gasteiger partial charge is 0.416 e. The van der Waals surface area contributed by atoms with Crippen molar-refractivity contribution in [3.05, 3.63) is 59.9 Å². The zero-order chi connectivity index (χ0) is 21.8. The van der Waals surface area contributed by atoms with Crippen molar-refractivity contribution >= 4 is 5.69 Å². The summed E-state index contributed by atoms with van der Waals surface area (Å²) in [6.07, 6.45) is -3.51. The Hall–Kier alpha value is -2.20. The number of nitrogens with one attached hydrogen (secondary N) is 1. The molecule has 0 saturated carbocycles. The lowest BCUT2D eigenvalue weighted by Crippen LogP contribution is -2.51. The number of halogens is 3. The van der Waals surface area contributed by atoms with Gasteiger partial charge in [0.25, 0.3) is 0 Å². The summed E-state index contributed by atoms with van der Waals surface area (Å²) in [7, 11) is 0. The second-order valence-electron chi connectivity index (χ2n) is 8.01. The molecule has 4 rings (SSSR count). The Kier molecular flexibility index (Phi) is 6.76.